The highest BCUT2D eigenvalue weighted by molar-refractivity contribution is 6.09. The molecule has 0 aromatic heterocycles. The lowest BCUT2D eigenvalue weighted by molar-refractivity contribution is -0.150. The second-order valence-electron chi connectivity index (χ2n) is 5.95. The molecule has 5 nitrogen and oxygen atoms in total. The van der Waals surface area contributed by atoms with Crippen LogP contribution in [0.25, 0.3) is 0 Å². The number of imide groups is 1. The summed E-state index contributed by atoms with van der Waals surface area (Å²) in [5.74, 6) is -0.581. The molecule has 0 spiro atoms. The smallest absolute Gasteiger partial charge is 0.245 e. The Bertz CT molecular complexity index is 467. The highest BCUT2D eigenvalue weighted by Crippen LogP contribution is 2.52. The van der Waals surface area contributed by atoms with Crippen LogP contribution in [0, 0.1) is 23.7 Å². The van der Waals surface area contributed by atoms with E-state index in [1.807, 2.05) is 0 Å². The van der Waals surface area contributed by atoms with Gasteiger partial charge in [0, 0.05) is 14.1 Å². The van der Waals surface area contributed by atoms with Gasteiger partial charge in [0.1, 0.15) is 6.04 Å². The Hall–Kier alpha value is -1.65. The zero-order chi connectivity index (χ0) is 13.9. The highest BCUT2D eigenvalue weighted by atomic mass is 16.2. The molecular weight excluding hydrogens is 244 g/mol. The van der Waals surface area contributed by atoms with Crippen molar-refractivity contribution in [3.8, 4) is 0 Å². The predicted octanol–water partition coefficient (Wildman–Crippen LogP) is 0.270. The number of carbonyl (C=O) groups excluding carboxylic acids is 3. The van der Waals surface area contributed by atoms with Crippen molar-refractivity contribution in [2.24, 2.45) is 23.7 Å². The summed E-state index contributed by atoms with van der Waals surface area (Å²) < 4.78 is 0. The van der Waals surface area contributed by atoms with Gasteiger partial charge in [-0.25, -0.2) is 0 Å². The Labute approximate surface area is 112 Å². The topological polar surface area (TPSA) is 57.7 Å². The van der Waals surface area contributed by atoms with Crippen molar-refractivity contribution in [1.82, 2.24) is 9.80 Å². The summed E-state index contributed by atoms with van der Waals surface area (Å²) in [6.45, 7) is 1.63. The van der Waals surface area contributed by atoms with Gasteiger partial charge in [-0.1, -0.05) is 12.2 Å². The maximum atomic E-state index is 12.5. The second kappa shape index (κ2) is 3.92. The van der Waals surface area contributed by atoms with Crippen LogP contribution in [0.3, 0.4) is 0 Å². The third-order valence-electron chi connectivity index (χ3n) is 4.69. The monoisotopic (exact) mass is 262 g/mol. The lowest BCUT2D eigenvalue weighted by Gasteiger charge is -2.26. The normalized spacial score (nSPS) is 36.9. The van der Waals surface area contributed by atoms with E-state index in [1.54, 1.807) is 21.0 Å². The van der Waals surface area contributed by atoms with Crippen LogP contribution < -0.4 is 0 Å². The molecule has 5 atom stereocenters. The van der Waals surface area contributed by atoms with Gasteiger partial charge in [-0.2, -0.15) is 0 Å². The van der Waals surface area contributed by atoms with E-state index in [1.165, 1.54) is 9.80 Å². The van der Waals surface area contributed by atoms with Crippen LogP contribution >= 0.6 is 0 Å². The molecule has 1 saturated carbocycles. The molecule has 2 fully saturated rings. The fourth-order valence-electron chi connectivity index (χ4n) is 3.79. The van der Waals surface area contributed by atoms with Crippen molar-refractivity contribution in [3.63, 3.8) is 0 Å². The number of likely N-dealkylation sites (tertiary alicyclic amines) is 1. The number of nitrogens with zero attached hydrogens (tertiary/aromatic N) is 2. The minimum Gasteiger partial charge on any atom is -0.347 e. The number of hydrogen-bond acceptors (Lipinski definition) is 3. The van der Waals surface area contributed by atoms with Gasteiger partial charge in [-0.05, 0) is 25.2 Å². The first-order valence-electron chi connectivity index (χ1n) is 6.70. The maximum Gasteiger partial charge on any atom is 0.245 e. The van der Waals surface area contributed by atoms with Gasteiger partial charge in [0.15, 0.2) is 0 Å². The quantitative estimate of drug-likeness (QED) is 0.530. The van der Waals surface area contributed by atoms with Crippen LogP contribution in [0.4, 0.5) is 0 Å². The van der Waals surface area contributed by atoms with Crippen LogP contribution in [0.5, 0.6) is 0 Å². The fraction of sp³-hybridized carbons (Fsp3) is 0.643. The number of rotatable bonds is 2. The van der Waals surface area contributed by atoms with E-state index in [0.717, 1.165) is 6.42 Å². The van der Waals surface area contributed by atoms with E-state index in [9.17, 15) is 14.4 Å². The maximum absolute atomic E-state index is 12.5. The van der Waals surface area contributed by atoms with Crippen LogP contribution in [0.1, 0.15) is 13.3 Å². The zero-order valence-corrected chi connectivity index (χ0v) is 11.4. The Kier molecular flexibility index (Phi) is 2.56. The predicted molar refractivity (Wildman–Crippen MR) is 67.7 cm³/mol. The van der Waals surface area contributed by atoms with Gasteiger partial charge in [-0.15, -0.1) is 0 Å². The minimum atomic E-state index is -0.694. The highest BCUT2D eigenvalue weighted by Gasteiger charge is 2.60. The van der Waals surface area contributed by atoms with Gasteiger partial charge < -0.3 is 4.90 Å². The molecule has 3 amide bonds. The van der Waals surface area contributed by atoms with Crippen molar-refractivity contribution in [2.75, 3.05) is 14.1 Å². The molecule has 2 aliphatic carbocycles. The molecule has 1 heterocycles. The Morgan fingerprint density at radius 2 is 1.68 bits per heavy atom. The lowest BCUT2D eigenvalue weighted by atomic mass is 9.85. The lowest BCUT2D eigenvalue weighted by Crippen LogP contribution is -2.48. The average molecular weight is 262 g/mol. The van der Waals surface area contributed by atoms with Crippen LogP contribution in [0.15, 0.2) is 12.2 Å². The molecule has 5 unspecified atom stereocenters. The van der Waals surface area contributed by atoms with Crippen LogP contribution in [-0.2, 0) is 14.4 Å². The van der Waals surface area contributed by atoms with Crippen molar-refractivity contribution >= 4 is 17.7 Å². The first-order valence-corrected chi connectivity index (χ1v) is 6.70. The number of hydrogen-bond donors (Lipinski definition) is 0. The molecular formula is C14H18N2O3. The van der Waals surface area contributed by atoms with Crippen LogP contribution in [-0.4, -0.2) is 47.7 Å². The van der Waals surface area contributed by atoms with Gasteiger partial charge in [0.2, 0.25) is 17.7 Å². The number of fused-ring (bicyclic) bond motifs is 5. The molecule has 1 aliphatic heterocycles. The standard InChI is InChI=1S/C14H18N2O3/c1-7(12(17)15(2)3)16-13(18)10-8-4-5-9(6-8)11(10)14(16)19/h4-5,7-11H,6H2,1-3H3. The first-order chi connectivity index (χ1) is 8.93. The Morgan fingerprint density at radius 1 is 1.21 bits per heavy atom. The molecule has 3 aliphatic rings. The fourth-order valence-corrected chi connectivity index (χ4v) is 3.79. The molecule has 5 heteroatoms. The summed E-state index contributed by atoms with van der Waals surface area (Å²) in [5, 5.41) is 0. The third-order valence-corrected chi connectivity index (χ3v) is 4.69. The van der Waals surface area contributed by atoms with Gasteiger partial charge in [0.25, 0.3) is 0 Å². The number of allylic oxidation sites excluding steroid dienone is 2. The summed E-state index contributed by atoms with van der Waals surface area (Å²) in [5.41, 5.74) is 0. The van der Waals surface area contributed by atoms with E-state index in [2.05, 4.69) is 12.2 Å². The van der Waals surface area contributed by atoms with Crippen LogP contribution in [0.2, 0.25) is 0 Å². The molecule has 19 heavy (non-hydrogen) atoms. The molecule has 0 aromatic rings. The molecule has 1 saturated heterocycles. The van der Waals surface area contributed by atoms with E-state index in [-0.39, 0.29) is 41.4 Å². The van der Waals surface area contributed by atoms with Gasteiger partial charge in [0.05, 0.1) is 11.8 Å². The Morgan fingerprint density at radius 3 is 2.11 bits per heavy atom. The first kappa shape index (κ1) is 12.4. The van der Waals surface area contributed by atoms with E-state index in [0.29, 0.717) is 0 Å². The Balaban J connectivity index is 1.88. The summed E-state index contributed by atoms with van der Waals surface area (Å²) in [4.78, 5) is 39.5. The minimum absolute atomic E-state index is 0.158. The van der Waals surface area contributed by atoms with E-state index in [4.69, 9.17) is 0 Å². The van der Waals surface area contributed by atoms with Crippen molar-refractivity contribution < 1.29 is 14.4 Å². The summed E-state index contributed by atoms with van der Waals surface area (Å²) in [6, 6.07) is -0.694. The van der Waals surface area contributed by atoms with Gasteiger partial charge >= 0.3 is 0 Å². The number of likely N-dealkylation sites (N-methyl/N-ethyl adjacent to an activating group) is 1. The molecule has 102 valence electrons. The second-order valence-corrected chi connectivity index (χ2v) is 5.95. The summed E-state index contributed by atoms with van der Waals surface area (Å²) in [6.07, 6.45) is 5.02. The van der Waals surface area contributed by atoms with E-state index >= 15 is 0 Å². The number of amides is 3. The van der Waals surface area contributed by atoms with Crippen molar-refractivity contribution in [1.29, 1.82) is 0 Å². The van der Waals surface area contributed by atoms with Crippen molar-refractivity contribution in [2.45, 2.75) is 19.4 Å². The third kappa shape index (κ3) is 1.50. The SMILES string of the molecule is CC(C(=O)N(C)C)N1C(=O)C2C3C=CC(C3)C2C1=O. The molecule has 2 bridgehead atoms. The van der Waals surface area contributed by atoms with Gasteiger partial charge in [-0.3, -0.25) is 19.3 Å². The molecule has 0 aromatic carbocycles. The zero-order valence-electron chi connectivity index (χ0n) is 11.4. The number of carbonyl (C=O) groups is 3. The summed E-state index contributed by atoms with van der Waals surface area (Å²) >= 11 is 0. The molecule has 0 N–H and O–H groups in total. The molecule has 0 radical (unpaired) electrons. The van der Waals surface area contributed by atoms with Crippen molar-refractivity contribution in [3.05, 3.63) is 12.2 Å². The molecule has 3 rings (SSSR count). The van der Waals surface area contributed by atoms with E-state index < -0.39 is 6.04 Å². The largest absolute Gasteiger partial charge is 0.347 e. The summed E-state index contributed by atoms with van der Waals surface area (Å²) in [7, 11) is 3.27. The average Bonchev–Trinajstić information content (AvgIpc) is 3.02.